The molecule has 94 valence electrons. The van der Waals surface area contributed by atoms with Gasteiger partial charge in [0.1, 0.15) is 0 Å². The molecule has 2 nitrogen and oxygen atoms in total. The average Bonchev–Trinajstić information content (AvgIpc) is 2.59. The molecule has 3 heteroatoms. The van der Waals surface area contributed by atoms with Crippen LogP contribution >= 0.6 is 12.6 Å². The average molecular weight is 243 g/mol. The molecule has 0 aromatic heterocycles. The summed E-state index contributed by atoms with van der Waals surface area (Å²) in [4.78, 5) is 2.65. The lowest BCUT2D eigenvalue weighted by Crippen LogP contribution is -2.42. The zero-order valence-electron chi connectivity index (χ0n) is 10.6. The van der Waals surface area contributed by atoms with Crippen LogP contribution in [0.5, 0.6) is 0 Å². The van der Waals surface area contributed by atoms with Crippen LogP contribution in [0.25, 0.3) is 0 Å². The second kappa shape index (κ2) is 5.28. The summed E-state index contributed by atoms with van der Waals surface area (Å²) in [7, 11) is 0. The summed E-state index contributed by atoms with van der Waals surface area (Å²) in [6.45, 7) is 10.4. The largest absolute Gasteiger partial charge is 0.381 e. The SMILES string of the molecule is CC1CN(CC2(CS)CCOCC2)CC1C. The van der Waals surface area contributed by atoms with Crippen molar-refractivity contribution in [2.45, 2.75) is 26.7 Å². The molecule has 0 radical (unpaired) electrons. The smallest absolute Gasteiger partial charge is 0.0472 e. The lowest BCUT2D eigenvalue weighted by molar-refractivity contribution is 0.0105. The highest BCUT2D eigenvalue weighted by atomic mass is 32.1. The van der Waals surface area contributed by atoms with Gasteiger partial charge in [-0.2, -0.15) is 12.6 Å². The summed E-state index contributed by atoms with van der Waals surface area (Å²) < 4.78 is 5.48. The van der Waals surface area contributed by atoms with E-state index in [1.165, 1.54) is 32.5 Å². The van der Waals surface area contributed by atoms with Crippen LogP contribution in [-0.2, 0) is 4.74 Å². The molecule has 2 heterocycles. The fraction of sp³-hybridized carbons (Fsp3) is 1.00. The molecule has 2 atom stereocenters. The lowest BCUT2D eigenvalue weighted by Gasteiger charge is -2.39. The van der Waals surface area contributed by atoms with E-state index in [4.69, 9.17) is 4.74 Å². The predicted octanol–water partition coefficient (Wildman–Crippen LogP) is 2.30. The van der Waals surface area contributed by atoms with Gasteiger partial charge in [-0.1, -0.05) is 13.8 Å². The Kier molecular flexibility index (Phi) is 4.20. The molecule has 0 aromatic rings. The maximum Gasteiger partial charge on any atom is 0.0472 e. The van der Waals surface area contributed by atoms with Crippen molar-refractivity contribution in [1.82, 2.24) is 4.90 Å². The quantitative estimate of drug-likeness (QED) is 0.764. The van der Waals surface area contributed by atoms with E-state index in [0.29, 0.717) is 5.41 Å². The Morgan fingerprint density at radius 3 is 2.25 bits per heavy atom. The number of thiol groups is 1. The molecule has 0 N–H and O–H groups in total. The summed E-state index contributed by atoms with van der Waals surface area (Å²) in [5, 5.41) is 0. The fourth-order valence-corrected chi connectivity index (χ4v) is 3.44. The number of hydrogen-bond donors (Lipinski definition) is 1. The van der Waals surface area contributed by atoms with E-state index in [9.17, 15) is 0 Å². The van der Waals surface area contributed by atoms with E-state index in [0.717, 1.165) is 30.8 Å². The number of nitrogens with zero attached hydrogens (tertiary/aromatic N) is 1. The lowest BCUT2D eigenvalue weighted by atomic mass is 9.81. The third-order valence-electron chi connectivity index (χ3n) is 4.51. The normalized spacial score (nSPS) is 35.4. The Bertz CT molecular complexity index is 218. The molecule has 2 aliphatic heterocycles. The molecule has 16 heavy (non-hydrogen) atoms. The van der Waals surface area contributed by atoms with Crippen LogP contribution in [0.4, 0.5) is 0 Å². The van der Waals surface area contributed by atoms with Gasteiger partial charge in [0.2, 0.25) is 0 Å². The molecule has 2 fully saturated rings. The van der Waals surface area contributed by atoms with E-state index < -0.39 is 0 Å². The molecule has 0 bridgehead atoms. The molecule has 2 aliphatic rings. The summed E-state index contributed by atoms with van der Waals surface area (Å²) in [6.07, 6.45) is 2.38. The standard InChI is InChI=1S/C13H25NOS/c1-11-7-14(8-12(11)2)9-13(10-16)3-5-15-6-4-13/h11-12,16H,3-10H2,1-2H3. The van der Waals surface area contributed by atoms with Gasteiger partial charge >= 0.3 is 0 Å². The van der Waals surface area contributed by atoms with Gasteiger partial charge in [0.15, 0.2) is 0 Å². The third-order valence-corrected chi connectivity index (χ3v) is 5.18. The van der Waals surface area contributed by atoms with E-state index in [1.54, 1.807) is 0 Å². The monoisotopic (exact) mass is 243 g/mol. The molecule has 2 saturated heterocycles. The Labute approximate surface area is 105 Å². The third kappa shape index (κ3) is 2.74. The molecular weight excluding hydrogens is 218 g/mol. The van der Waals surface area contributed by atoms with Crippen molar-refractivity contribution in [3.05, 3.63) is 0 Å². The van der Waals surface area contributed by atoms with Crippen molar-refractivity contribution in [2.75, 3.05) is 38.6 Å². The van der Waals surface area contributed by atoms with Crippen molar-refractivity contribution in [2.24, 2.45) is 17.3 Å². The first-order chi connectivity index (χ1) is 7.65. The minimum absolute atomic E-state index is 0.422. The first-order valence-electron chi connectivity index (χ1n) is 6.56. The first kappa shape index (κ1) is 12.7. The van der Waals surface area contributed by atoms with Crippen LogP contribution in [0.15, 0.2) is 0 Å². The zero-order chi connectivity index (χ0) is 11.6. The molecule has 0 spiro atoms. The molecule has 0 aromatic carbocycles. The van der Waals surface area contributed by atoms with Crippen LogP contribution in [0.2, 0.25) is 0 Å². The minimum atomic E-state index is 0.422. The molecular formula is C13H25NOS. The van der Waals surface area contributed by atoms with Gasteiger partial charge in [-0.3, -0.25) is 0 Å². The van der Waals surface area contributed by atoms with Gasteiger partial charge in [0.25, 0.3) is 0 Å². The van der Waals surface area contributed by atoms with Gasteiger partial charge in [0.05, 0.1) is 0 Å². The summed E-state index contributed by atoms with van der Waals surface area (Å²) >= 11 is 4.58. The van der Waals surface area contributed by atoms with Gasteiger partial charge in [-0.25, -0.2) is 0 Å². The van der Waals surface area contributed by atoms with E-state index in [2.05, 4.69) is 31.4 Å². The highest BCUT2D eigenvalue weighted by Gasteiger charge is 2.36. The molecule has 0 saturated carbocycles. The second-order valence-electron chi connectivity index (χ2n) is 5.92. The molecule has 2 rings (SSSR count). The Morgan fingerprint density at radius 2 is 1.75 bits per heavy atom. The van der Waals surface area contributed by atoms with Crippen molar-refractivity contribution < 1.29 is 4.74 Å². The Morgan fingerprint density at radius 1 is 1.19 bits per heavy atom. The van der Waals surface area contributed by atoms with Gasteiger partial charge in [-0.15, -0.1) is 0 Å². The highest BCUT2D eigenvalue weighted by Crippen LogP contribution is 2.35. The zero-order valence-corrected chi connectivity index (χ0v) is 11.5. The summed E-state index contributed by atoms with van der Waals surface area (Å²) in [6, 6.07) is 0. The van der Waals surface area contributed by atoms with Crippen molar-refractivity contribution in [3.8, 4) is 0 Å². The highest BCUT2D eigenvalue weighted by molar-refractivity contribution is 7.80. The summed E-state index contributed by atoms with van der Waals surface area (Å²) in [5.41, 5.74) is 0.422. The molecule has 0 amide bonds. The van der Waals surface area contributed by atoms with Crippen molar-refractivity contribution in [3.63, 3.8) is 0 Å². The maximum atomic E-state index is 5.48. The number of rotatable bonds is 3. The molecule has 2 unspecified atom stereocenters. The topological polar surface area (TPSA) is 12.5 Å². The maximum absolute atomic E-state index is 5.48. The Hall–Kier alpha value is 0.270. The van der Waals surface area contributed by atoms with Gasteiger partial charge in [0, 0.05) is 32.8 Å². The van der Waals surface area contributed by atoms with E-state index in [-0.39, 0.29) is 0 Å². The van der Waals surface area contributed by atoms with Gasteiger partial charge < -0.3 is 9.64 Å². The van der Waals surface area contributed by atoms with Gasteiger partial charge in [-0.05, 0) is 35.8 Å². The van der Waals surface area contributed by atoms with Crippen LogP contribution in [0, 0.1) is 17.3 Å². The van der Waals surface area contributed by atoms with Crippen LogP contribution in [-0.4, -0.2) is 43.5 Å². The van der Waals surface area contributed by atoms with Crippen LogP contribution in [0.3, 0.4) is 0 Å². The second-order valence-corrected chi connectivity index (χ2v) is 6.24. The van der Waals surface area contributed by atoms with E-state index in [1.807, 2.05) is 0 Å². The number of likely N-dealkylation sites (tertiary alicyclic amines) is 1. The minimum Gasteiger partial charge on any atom is -0.381 e. The fourth-order valence-electron chi connectivity index (χ4n) is 3.02. The summed E-state index contributed by atoms with van der Waals surface area (Å²) in [5.74, 6) is 2.73. The van der Waals surface area contributed by atoms with Crippen LogP contribution < -0.4 is 0 Å². The predicted molar refractivity (Wildman–Crippen MR) is 71.1 cm³/mol. The van der Waals surface area contributed by atoms with E-state index >= 15 is 0 Å². The van der Waals surface area contributed by atoms with Crippen molar-refractivity contribution >= 4 is 12.6 Å². The van der Waals surface area contributed by atoms with Crippen molar-refractivity contribution in [1.29, 1.82) is 0 Å². The number of ether oxygens (including phenoxy) is 1. The van der Waals surface area contributed by atoms with Crippen LogP contribution in [0.1, 0.15) is 26.7 Å². The number of hydrogen-bond acceptors (Lipinski definition) is 3. The Balaban J connectivity index is 1.91. The molecule has 0 aliphatic carbocycles. The first-order valence-corrected chi connectivity index (χ1v) is 7.19.